The van der Waals surface area contributed by atoms with E-state index in [2.05, 4.69) is 31.4 Å². The Morgan fingerprint density at radius 2 is 1.96 bits per heavy atom. The van der Waals surface area contributed by atoms with Gasteiger partial charge in [0, 0.05) is 23.8 Å². The standard InChI is InChI=1S/C18H18BrN5O2/c19-12-6-7-14(13(11-12)16(25)15-5-1-2-8-21-15)22-23-17(20)18(26)24-9-3-4-10-24/h1-2,5-8,11,22H,3-4,9-10H2,(H2,20,23). The van der Waals surface area contributed by atoms with E-state index in [1.807, 2.05) is 0 Å². The first-order valence-electron chi connectivity index (χ1n) is 8.20. The molecule has 3 rings (SSSR count). The summed E-state index contributed by atoms with van der Waals surface area (Å²) in [5.74, 6) is -0.690. The summed E-state index contributed by atoms with van der Waals surface area (Å²) >= 11 is 3.36. The Labute approximate surface area is 159 Å². The fourth-order valence-electron chi connectivity index (χ4n) is 2.69. The topological polar surface area (TPSA) is 101 Å². The van der Waals surface area contributed by atoms with Gasteiger partial charge in [-0.15, -0.1) is 0 Å². The maximum Gasteiger partial charge on any atom is 0.290 e. The molecule has 2 heterocycles. The number of amidine groups is 1. The van der Waals surface area contributed by atoms with Crippen molar-refractivity contribution in [2.45, 2.75) is 12.8 Å². The van der Waals surface area contributed by atoms with Gasteiger partial charge in [-0.1, -0.05) is 22.0 Å². The number of hydrogen-bond acceptors (Lipinski definition) is 5. The van der Waals surface area contributed by atoms with Gasteiger partial charge in [0.2, 0.25) is 11.6 Å². The van der Waals surface area contributed by atoms with Crippen molar-refractivity contribution in [3.8, 4) is 0 Å². The number of benzene rings is 1. The first-order valence-corrected chi connectivity index (χ1v) is 8.99. The van der Waals surface area contributed by atoms with Gasteiger partial charge in [0.25, 0.3) is 5.91 Å². The molecule has 1 fully saturated rings. The van der Waals surface area contributed by atoms with Gasteiger partial charge in [-0.2, -0.15) is 5.10 Å². The molecular formula is C18H18BrN5O2. The van der Waals surface area contributed by atoms with E-state index < -0.39 is 0 Å². The minimum Gasteiger partial charge on any atom is -0.378 e. The Morgan fingerprint density at radius 3 is 2.65 bits per heavy atom. The molecule has 134 valence electrons. The minimum absolute atomic E-state index is 0.133. The summed E-state index contributed by atoms with van der Waals surface area (Å²) in [6.07, 6.45) is 3.51. The molecular weight excluding hydrogens is 398 g/mol. The van der Waals surface area contributed by atoms with Gasteiger partial charge in [0.1, 0.15) is 5.69 Å². The highest BCUT2D eigenvalue weighted by molar-refractivity contribution is 9.10. The fraction of sp³-hybridized carbons (Fsp3) is 0.222. The normalized spacial score (nSPS) is 14.3. The molecule has 3 N–H and O–H groups in total. The molecule has 1 aliphatic rings. The lowest BCUT2D eigenvalue weighted by Crippen LogP contribution is -2.39. The maximum atomic E-state index is 12.7. The lowest BCUT2D eigenvalue weighted by molar-refractivity contribution is -0.123. The zero-order valence-electron chi connectivity index (χ0n) is 14.0. The zero-order valence-corrected chi connectivity index (χ0v) is 15.6. The first kappa shape index (κ1) is 18.1. The van der Waals surface area contributed by atoms with Gasteiger partial charge in [0.05, 0.1) is 11.3 Å². The smallest absolute Gasteiger partial charge is 0.290 e. The number of nitrogens with two attached hydrogens (primary N) is 1. The van der Waals surface area contributed by atoms with Crippen LogP contribution in [0.2, 0.25) is 0 Å². The lowest BCUT2D eigenvalue weighted by Gasteiger charge is -2.14. The Morgan fingerprint density at radius 1 is 1.19 bits per heavy atom. The number of rotatable bonds is 4. The number of likely N-dealkylation sites (tertiary alicyclic amines) is 1. The van der Waals surface area contributed by atoms with E-state index in [-0.39, 0.29) is 17.5 Å². The summed E-state index contributed by atoms with van der Waals surface area (Å²) in [5, 5.41) is 3.97. The number of hydrogen-bond donors (Lipinski definition) is 2. The molecule has 7 nitrogen and oxygen atoms in total. The van der Waals surface area contributed by atoms with E-state index >= 15 is 0 Å². The van der Waals surface area contributed by atoms with Crippen molar-refractivity contribution in [2.24, 2.45) is 10.8 Å². The van der Waals surface area contributed by atoms with Crippen LogP contribution in [-0.2, 0) is 4.79 Å². The largest absolute Gasteiger partial charge is 0.378 e. The summed E-state index contributed by atoms with van der Waals surface area (Å²) in [7, 11) is 0. The summed E-state index contributed by atoms with van der Waals surface area (Å²) in [5.41, 5.74) is 9.68. The zero-order chi connectivity index (χ0) is 18.5. The molecule has 0 radical (unpaired) electrons. The van der Waals surface area contributed by atoms with Crippen molar-refractivity contribution in [1.82, 2.24) is 9.88 Å². The van der Waals surface area contributed by atoms with E-state index in [0.29, 0.717) is 30.0 Å². The number of ketones is 1. The molecule has 1 aliphatic heterocycles. The van der Waals surface area contributed by atoms with Gasteiger partial charge in [-0.05, 0) is 43.2 Å². The van der Waals surface area contributed by atoms with Gasteiger partial charge >= 0.3 is 0 Å². The number of nitrogens with one attached hydrogen (secondary N) is 1. The molecule has 1 saturated heterocycles. The van der Waals surface area contributed by atoms with Crippen LogP contribution in [0.4, 0.5) is 5.69 Å². The third-order valence-electron chi connectivity index (χ3n) is 4.03. The predicted molar refractivity (Wildman–Crippen MR) is 103 cm³/mol. The van der Waals surface area contributed by atoms with Crippen LogP contribution in [0.5, 0.6) is 0 Å². The number of pyridine rings is 1. The molecule has 0 aliphatic carbocycles. The molecule has 1 aromatic carbocycles. The van der Waals surface area contributed by atoms with Crippen molar-refractivity contribution in [3.63, 3.8) is 0 Å². The van der Waals surface area contributed by atoms with Crippen LogP contribution in [0.3, 0.4) is 0 Å². The second kappa shape index (κ2) is 8.09. The number of halogens is 1. The third-order valence-corrected chi connectivity index (χ3v) is 4.53. The quantitative estimate of drug-likeness (QED) is 0.345. The van der Waals surface area contributed by atoms with Gasteiger partial charge in [0.15, 0.2) is 0 Å². The van der Waals surface area contributed by atoms with E-state index in [4.69, 9.17) is 5.73 Å². The molecule has 1 amide bonds. The van der Waals surface area contributed by atoms with Crippen molar-refractivity contribution in [2.75, 3.05) is 18.5 Å². The van der Waals surface area contributed by atoms with Gasteiger partial charge in [-0.3, -0.25) is 20.0 Å². The second-order valence-electron chi connectivity index (χ2n) is 5.84. The Balaban J connectivity index is 1.83. The van der Waals surface area contributed by atoms with Gasteiger partial charge < -0.3 is 10.6 Å². The summed E-state index contributed by atoms with van der Waals surface area (Å²) in [6.45, 7) is 1.38. The monoisotopic (exact) mass is 415 g/mol. The number of amides is 1. The molecule has 8 heteroatoms. The third kappa shape index (κ3) is 4.08. The molecule has 0 spiro atoms. The summed E-state index contributed by atoms with van der Waals surface area (Å²) < 4.78 is 0.743. The number of carbonyl (C=O) groups is 2. The maximum absolute atomic E-state index is 12.7. The average molecular weight is 416 g/mol. The van der Waals surface area contributed by atoms with Crippen molar-refractivity contribution < 1.29 is 9.59 Å². The van der Waals surface area contributed by atoms with Crippen molar-refractivity contribution in [1.29, 1.82) is 0 Å². The fourth-order valence-corrected chi connectivity index (χ4v) is 3.05. The van der Waals surface area contributed by atoms with E-state index in [9.17, 15) is 9.59 Å². The Bertz CT molecular complexity index is 848. The van der Waals surface area contributed by atoms with Crippen LogP contribution in [0.15, 0.2) is 52.2 Å². The number of carbonyl (C=O) groups excluding carboxylic acids is 2. The summed E-state index contributed by atoms with van der Waals surface area (Å²) in [6, 6.07) is 10.3. The molecule has 0 saturated carbocycles. The van der Waals surface area contributed by atoms with Crippen LogP contribution in [0, 0.1) is 0 Å². The van der Waals surface area contributed by atoms with E-state index in [0.717, 1.165) is 17.3 Å². The highest BCUT2D eigenvalue weighted by atomic mass is 79.9. The number of nitrogens with zero attached hydrogens (tertiary/aromatic N) is 3. The summed E-state index contributed by atoms with van der Waals surface area (Å²) in [4.78, 5) is 30.7. The van der Waals surface area contributed by atoms with E-state index in [1.54, 1.807) is 47.5 Å². The number of hydrazone groups is 1. The minimum atomic E-state index is -0.301. The van der Waals surface area contributed by atoms with Crippen LogP contribution in [-0.4, -0.2) is 40.5 Å². The average Bonchev–Trinajstić information content (AvgIpc) is 3.21. The highest BCUT2D eigenvalue weighted by Gasteiger charge is 2.21. The lowest BCUT2D eigenvalue weighted by atomic mass is 10.1. The van der Waals surface area contributed by atoms with Crippen LogP contribution >= 0.6 is 15.9 Å². The van der Waals surface area contributed by atoms with Crippen LogP contribution in [0.25, 0.3) is 0 Å². The second-order valence-corrected chi connectivity index (χ2v) is 6.76. The first-order chi connectivity index (χ1) is 12.6. The molecule has 0 atom stereocenters. The molecule has 0 unspecified atom stereocenters. The molecule has 0 bridgehead atoms. The molecule has 26 heavy (non-hydrogen) atoms. The Kier molecular flexibility index (Phi) is 5.62. The van der Waals surface area contributed by atoms with Gasteiger partial charge in [-0.25, -0.2) is 0 Å². The van der Waals surface area contributed by atoms with Crippen LogP contribution in [0.1, 0.15) is 28.9 Å². The SMILES string of the molecule is N/C(=N\Nc1ccc(Br)cc1C(=O)c1ccccn1)C(=O)N1CCCC1. The van der Waals surface area contributed by atoms with E-state index in [1.165, 1.54) is 0 Å². The number of aromatic nitrogens is 1. The van der Waals surface area contributed by atoms with Crippen molar-refractivity contribution >= 4 is 39.1 Å². The van der Waals surface area contributed by atoms with Crippen molar-refractivity contribution in [3.05, 3.63) is 58.3 Å². The Hall–Kier alpha value is -2.74. The molecule has 2 aromatic rings. The highest BCUT2D eigenvalue weighted by Crippen LogP contribution is 2.23. The number of anilines is 1. The molecule has 1 aromatic heterocycles. The predicted octanol–water partition coefficient (Wildman–Crippen LogP) is 2.38. The van der Waals surface area contributed by atoms with Crippen LogP contribution < -0.4 is 11.2 Å².